The molecule has 3 rings (SSSR count). The topological polar surface area (TPSA) is 86.8 Å². The number of hydrogen-bond acceptors (Lipinski definition) is 4. The second-order valence-electron chi connectivity index (χ2n) is 11.1. The van der Waals surface area contributed by atoms with Crippen LogP contribution in [0.25, 0.3) is 0 Å². The Labute approximate surface area is 245 Å². The van der Waals surface area contributed by atoms with Gasteiger partial charge in [0.2, 0.25) is 21.8 Å². The molecule has 0 saturated carbocycles. The van der Waals surface area contributed by atoms with E-state index in [9.17, 15) is 18.0 Å². The number of carbonyl (C=O) groups is 2. The maximum atomic E-state index is 13.9. The molecule has 0 saturated heterocycles. The Balaban J connectivity index is 1.87. The Hall–Kier alpha value is -3.65. The fourth-order valence-electron chi connectivity index (χ4n) is 4.70. The molecule has 3 aromatic rings. The molecule has 0 spiro atoms. The zero-order chi connectivity index (χ0) is 30.0. The van der Waals surface area contributed by atoms with E-state index in [0.717, 1.165) is 22.3 Å². The highest BCUT2D eigenvalue weighted by molar-refractivity contribution is 7.92. The van der Waals surface area contributed by atoms with Crippen molar-refractivity contribution in [2.45, 2.75) is 59.5 Å². The van der Waals surface area contributed by atoms with Crippen LogP contribution in [-0.4, -0.2) is 50.5 Å². The van der Waals surface area contributed by atoms with Crippen LogP contribution in [0.2, 0.25) is 0 Å². The Morgan fingerprint density at radius 3 is 2.12 bits per heavy atom. The van der Waals surface area contributed by atoms with Crippen molar-refractivity contribution in [3.63, 3.8) is 0 Å². The van der Waals surface area contributed by atoms with Gasteiger partial charge >= 0.3 is 0 Å². The average Bonchev–Trinajstić information content (AvgIpc) is 2.92. The van der Waals surface area contributed by atoms with Gasteiger partial charge in [-0.2, -0.15) is 0 Å². The zero-order valence-corrected chi connectivity index (χ0v) is 25.7. The van der Waals surface area contributed by atoms with Gasteiger partial charge in [-0.3, -0.25) is 13.9 Å². The standard InChI is InChI=1S/C33H43N3O4S/c1-25(2)23-34-33(38)31(22-28-12-7-6-8-13-28)35(24-29-14-9-11-27(4)21-29)32(37)15-10-20-36(41(5,39)40)30-18-16-26(3)17-19-30/h6-9,11-14,16-19,21,25,31H,10,15,20,22-24H2,1-5H3,(H,34,38)/t31-/m0/s1. The Bertz CT molecular complexity index is 1390. The lowest BCUT2D eigenvalue weighted by Gasteiger charge is -2.32. The summed E-state index contributed by atoms with van der Waals surface area (Å²) in [5.74, 6) is -0.119. The third kappa shape index (κ3) is 10.0. The van der Waals surface area contributed by atoms with E-state index in [-0.39, 0.29) is 37.2 Å². The summed E-state index contributed by atoms with van der Waals surface area (Å²) >= 11 is 0. The van der Waals surface area contributed by atoms with Gasteiger partial charge in [0.25, 0.3) is 0 Å². The number of nitrogens with one attached hydrogen (secondary N) is 1. The van der Waals surface area contributed by atoms with Gasteiger partial charge in [-0.05, 0) is 49.4 Å². The number of carbonyl (C=O) groups excluding carboxylic acids is 2. The van der Waals surface area contributed by atoms with Crippen LogP contribution in [0, 0.1) is 19.8 Å². The summed E-state index contributed by atoms with van der Waals surface area (Å²) in [7, 11) is -3.54. The summed E-state index contributed by atoms with van der Waals surface area (Å²) in [6.45, 7) is 8.95. The van der Waals surface area contributed by atoms with Crippen LogP contribution in [0.4, 0.5) is 5.69 Å². The summed E-state index contributed by atoms with van der Waals surface area (Å²) in [4.78, 5) is 29.1. The Morgan fingerprint density at radius 1 is 0.854 bits per heavy atom. The molecule has 0 aliphatic rings. The summed E-state index contributed by atoms with van der Waals surface area (Å²) < 4.78 is 26.5. The van der Waals surface area contributed by atoms with Gasteiger partial charge in [-0.15, -0.1) is 0 Å². The quantitative estimate of drug-likeness (QED) is 0.283. The van der Waals surface area contributed by atoms with E-state index >= 15 is 0 Å². The summed E-state index contributed by atoms with van der Waals surface area (Å²) in [5.41, 5.74) is 4.56. The molecular formula is C33H43N3O4S. The maximum absolute atomic E-state index is 13.9. The summed E-state index contributed by atoms with van der Waals surface area (Å²) in [5, 5.41) is 3.03. The highest BCUT2D eigenvalue weighted by Crippen LogP contribution is 2.21. The van der Waals surface area contributed by atoms with Crippen molar-refractivity contribution in [3.8, 4) is 0 Å². The first-order valence-corrected chi connectivity index (χ1v) is 16.0. The predicted molar refractivity (Wildman–Crippen MR) is 166 cm³/mol. The summed E-state index contributed by atoms with van der Waals surface area (Å²) in [6.07, 6.45) is 1.97. The van der Waals surface area contributed by atoms with Gasteiger partial charge in [-0.1, -0.05) is 91.7 Å². The number of amides is 2. The van der Waals surface area contributed by atoms with Gasteiger partial charge in [-0.25, -0.2) is 8.42 Å². The van der Waals surface area contributed by atoms with Crippen molar-refractivity contribution < 1.29 is 18.0 Å². The predicted octanol–water partition coefficient (Wildman–Crippen LogP) is 5.26. The van der Waals surface area contributed by atoms with Crippen LogP contribution < -0.4 is 9.62 Å². The molecule has 1 atom stereocenters. The average molecular weight is 578 g/mol. The van der Waals surface area contributed by atoms with E-state index in [1.165, 1.54) is 10.6 Å². The fourth-order valence-corrected chi connectivity index (χ4v) is 5.66. The number of aryl methyl sites for hydroxylation is 2. The number of benzene rings is 3. The van der Waals surface area contributed by atoms with Crippen LogP contribution >= 0.6 is 0 Å². The molecule has 41 heavy (non-hydrogen) atoms. The molecule has 0 heterocycles. The molecule has 0 radical (unpaired) electrons. The number of hydrogen-bond donors (Lipinski definition) is 1. The molecule has 7 nitrogen and oxygen atoms in total. The number of nitrogens with zero attached hydrogens (tertiary/aromatic N) is 2. The molecule has 0 aromatic heterocycles. The number of sulfonamides is 1. The first-order chi connectivity index (χ1) is 19.4. The van der Waals surface area contributed by atoms with Gasteiger partial charge in [0.1, 0.15) is 6.04 Å². The third-order valence-electron chi connectivity index (χ3n) is 6.87. The molecular weight excluding hydrogens is 534 g/mol. The van der Waals surface area contributed by atoms with E-state index in [0.29, 0.717) is 25.1 Å². The van der Waals surface area contributed by atoms with E-state index in [1.54, 1.807) is 17.0 Å². The number of rotatable bonds is 14. The molecule has 220 valence electrons. The van der Waals surface area contributed by atoms with Gasteiger partial charge in [0.05, 0.1) is 11.9 Å². The molecule has 1 N–H and O–H groups in total. The van der Waals surface area contributed by atoms with E-state index in [2.05, 4.69) is 5.32 Å². The highest BCUT2D eigenvalue weighted by Gasteiger charge is 2.30. The molecule has 0 bridgehead atoms. The number of anilines is 1. The van der Waals surface area contributed by atoms with Crippen molar-refractivity contribution in [3.05, 3.63) is 101 Å². The third-order valence-corrected chi connectivity index (χ3v) is 8.06. The molecule has 0 fully saturated rings. The zero-order valence-electron chi connectivity index (χ0n) is 24.8. The van der Waals surface area contributed by atoms with Gasteiger partial charge in [0.15, 0.2) is 0 Å². The minimum Gasteiger partial charge on any atom is -0.354 e. The van der Waals surface area contributed by atoms with Crippen molar-refractivity contribution in [1.29, 1.82) is 0 Å². The molecule has 8 heteroatoms. The monoisotopic (exact) mass is 577 g/mol. The molecule has 0 aliphatic heterocycles. The minimum absolute atomic E-state index is 0.104. The lowest BCUT2D eigenvalue weighted by Crippen LogP contribution is -2.51. The minimum atomic E-state index is -3.54. The normalized spacial score (nSPS) is 12.1. The van der Waals surface area contributed by atoms with E-state index in [4.69, 9.17) is 0 Å². The van der Waals surface area contributed by atoms with Gasteiger partial charge < -0.3 is 10.2 Å². The van der Waals surface area contributed by atoms with Crippen LogP contribution in [0.15, 0.2) is 78.9 Å². The second-order valence-corrected chi connectivity index (χ2v) is 13.0. The molecule has 3 aromatic carbocycles. The van der Waals surface area contributed by atoms with Crippen molar-refractivity contribution in [1.82, 2.24) is 10.2 Å². The van der Waals surface area contributed by atoms with Crippen molar-refractivity contribution in [2.75, 3.05) is 23.7 Å². The van der Waals surface area contributed by atoms with E-state index in [1.807, 2.05) is 94.4 Å². The summed E-state index contributed by atoms with van der Waals surface area (Å²) in [6, 6.07) is 24.2. The van der Waals surface area contributed by atoms with Crippen molar-refractivity contribution >= 4 is 27.5 Å². The largest absolute Gasteiger partial charge is 0.354 e. The highest BCUT2D eigenvalue weighted by atomic mass is 32.2. The lowest BCUT2D eigenvalue weighted by molar-refractivity contribution is -0.141. The SMILES string of the molecule is Cc1ccc(N(CCCC(=O)N(Cc2cccc(C)c2)[C@@H](Cc2ccccc2)C(=O)NCC(C)C)S(C)(=O)=O)cc1. The maximum Gasteiger partial charge on any atom is 0.243 e. The second kappa shape index (κ2) is 14.8. The van der Waals surface area contributed by atoms with Crippen LogP contribution in [0.3, 0.4) is 0 Å². The van der Waals surface area contributed by atoms with Gasteiger partial charge in [0, 0.05) is 32.5 Å². The van der Waals surface area contributed by atoms with E-state index < -0.39 is 16.1 Å². The van der Waals surface area contributed by atoms with Crippen molar-refractivity contribution in [2.24, 2.45) is 5.92 Å². The molecule has 2 amide bonds. The first kappa shape index (κ1) is 31.9. The molecule has 0 unspecified atom stereocenters. The fraction of sp³-hybridized carbons (Fsp3) is 0.394. The van der Waals surface area contributed by atoms with Crippen LogP contribution in [0.5, 0.6) is 0 Å². The first-order valence-electron chi connectivity index (χ1n) is 14.1. The van der Waals surface area contributed by atoms with Crippen LogP contribution in [-0.2, 0) is 32.6 Å². The lowest BCUT2D eigenvalue weighted by atomic mass is 10.0. The Morgan fingerprint density at radius 2 is 1.51 bits per heavy atom. The smallest absolute Gasteiger partial charge is 0.243 e. The van der Waals surface area contributed by atoms with Crippen LogP contribution in [0.1, 0.15) is 48.9 Å². The Kier molecular flexibility index (Phi) is 11.5. The molecule has 0 aliphatic carbocycles.